The zero-order chi connectivity index (χ0) is 29.3. The van der Waals surface area contributed by atoms with Crippen LogP contribution in [0.3, 0.4) is 0 Å². The second kappa shape index (κ2) is 14.1. The molecule has 4 N–H and O–H groups in total. The SMILES string of the molecule is CC(C)CCC(CC(C)C)C(=O)N=C(N)c1ccc(C(F)(F)F)cc1C1CCC1.Cc1cc(N)cnc1C#N. The van der Waals surface area contributed by atoms with Crippen molar-refractivity contribution in [3.63, 3.8) is 0 Å². The number of nitriles is 1. The van der Waals surface area contributed by atoms with Gasteiger partial charge in [-0.1, -0.05) is 46.6 Å². The summed E-state index contributed by atoms with van der Waals surface area (Å²) in [6, 6.07) is 7.25. The molecule has 3 rings (SSSR count). The molecule has 0 radical (unpaired) electrons. The van der Waals surface area contributed by atoms with Gasteiger partial charge in [0.2, 0.25) is 0 Å². The topological polar surface area (TPSA) is 118 Å². The van der Waals surface area contributed by atoms with Crippen molar-refractivity contribution in [2.45, 2.75) is 85.2 Å². The van der Waals surface area contributed by atoms with Crippen molar-refractivity contribution in [3.8, 4) is 6.07 Å². The van der Waals surface area contributed by atoms with Crippen molar-refractivity contribution in [1.29, 1.82) is 5.26 Å². The van der Waals surface area contributed by atoms with E-state index in [2.05, 4.69) is 37.7 Å². The number of hydrogen-bond acceptors (Lipinski definition) is 4. The molecule has 1 aromatic carbocycles. The number of nitrogen functional groups attached to an aromatic ring is 1. The van der Waals surface area contributed by atoms with Gasteiger partial charge in [0, 0.05) is 11.5 Å². The third kappa shape index (κ3) is 9.68. The van der Waals surface area contributed by atoms with Gasteiger partial charge in [0.15, 0.2) is 0 Å². The van der Waals surface area contributed by atoms with Gasteiger partial charge in [-0.3, -0.25) is 4.79 Å². The molecule has 39 heavy (non-hydrogen) atoms. The Labute approximate surface area is 229 Å². The Balaban J connectivity index is 0.000000446. The lowest BCUT2D eigenvalue weighted by Gasteiger charge is -2.28. The van der Waals surface area contributed by atoms with Gasteiger partial charge in [0.1, 0.15) is 17.6 Å². The lowest BCUT2D eigenvalue weighted by molar-refractivity contribution is -0.137. The summed E-state index contributed by atoms with van der Waals surface area (Å²) < 4.78 is 39.5. The molecule has 1 atom stereocenters. The summed E-state index contributed by atoms with van der Waals surface area (Å²) in [7, 11) is 0. The van der Waals surface area contributed by atoms with E-state index in [1.807, 2.05) is 13.0 Å². The smallest absolute Gasteiger partial charge is 0.397 e. The number of pyridine rings is 1. The number of amidine groups is 1. The number of hydrogen-bond donors (Lipinski definition) is 2. The van der Waals surface area contributed by atoms with Crippen LogP contribution < -0.4 is 11.5 Å². The lowest BCUT2D eigenvalue weighted by atomic mass is 9.77. The summed E-state index contributed by atoms with van der Waals surface area (Å²) in [6.45, 7) is 10.2. The maximum Gasteiger partial charge on any atom is 0.416 e. The zero-order valence-corrected chi connectivity index (χ0v) is 23.5. The average Bonchev–Trinajstić information content (AvgIpc) is 2.80. The number of carbonyl (C=O) groups is 1. The van der Waals surface area contributed by atoms with Gasteiger partial charge >= 0.3 is 6.18 Å². The number of alkyl halides is 3. The number of aromatic nitrogens is 1. The molecule has 6 nitrogen and oxygen atoms in total. The molecule has 1 unspecified atom stereocenters. The van der Waals surface area contributed by atoms with Crippen LogP contribution in [0.2, 0.25) is 0 Å². The molecule has 0 aliphatic heterocycles. The third-order valence-electron chi connectivity index (χ3n) is 6.83. The van der Waals surface area contributed by atoms with Crippen LogP contribution in [0.15, 0.2) is 35.5 Å². The number of amides is 1. The summed E-state index contributed by atoms with van der Waals surface area (Å²) in [5, 5.41) is 8.46. The molecule has 1 amide bonds. The zero-order valence-electron chi connectivity index (χ0n) is 23.5. The fourth-order valence-corrected chi connectivity index (χ4v) is 4.46. The number of nitrogens with zero attached hydrogens (tertiary/aromatic N) is 3. The first-order chi connectivity index (χ1) is 18.2. The molecule has 1 aliphatic rings. The second-order valence-corrected chi connectivity index (χ2v) is 11.1. The van der Waals surface area contributed by atoms with Crippen molar-refractivity contribution in [2.24, 2.45) is 28.5 Å². The van der Waals surface area contributed by atoms with E-state index >= 15 is 0 Å². The minimum absolute atomic E-state index is 0.0314. The number of aliphatic imine (C=N–C) groups is 1. The van der Waals surface area contributed by atoms with Crippen LogP contribution in [-0.2, 0) is 11.0 Å². The molecular weight excluding hydrogens is 503 g/mol. The Morgan fingerprint density at radius 1 is 1.15 bits per heavy atom. The molecule has 1 fully saturated rings. The Morgan fingerprint density at radius 3 is 2.31 bits per heavy atom. The Hall–Kier alpha value is -3.41. The molecule has 1 aliphatic carbocycles. The van der Waals surface area contributed by atoms with E-state index in [1.54, 1.807) is 6.07 Å². The fourth-order valence-electron chi connectivity index (χ4n) is 4.46. The summed E-state index contributed by atoms with van der Waals surface area (Å²) >= 11 is 0. The number of anilines is 1. The largest absolute Gasteiger partial charge is 0.416 e. The summed E-state index contributed by atoms with van der Waals surface area (Å²) in [5.41, 5.74) is 13.7. The minimum atomic E-state index is -4.40. The van der Waals surface area contributed by atoms with Crippen LogP contribution in [0.1, 0.15) is 100 Å². The van der Waals surface area contributed by atoms with E-state index in [-0.39, 0.29) is 23.6 Å². The molecule has 1 saturated carbocycles. The van der Waals surface area contributed by atoms with Crippen LogP contribution in [0.5, 0.6) is 0 Å². The maximum absolute atomic E-state index is 13.2. The molecule has 2 aromatic rings. The number of nitrogens with two attached hydrogens (primary N) is 2. The summed E-state index contributed by atoms with van der Waals surface area (Å²) in [5.74, 6) is 0.435. The Morgan fingerprint density at radius 2 is 1.82 bits per heavy atom. The van der Waals surface area contributed by atoms with Gasteiger partial charge in [-0.25, -0.2) is 4.98 Å². The third-order valence-corrected chi connectivity index (χ3v) is 6.83. The monoisotopic (exact) mass is 543 g/mol. The average molecular weight is 544 g/mol. The first-order valence-electron chi connectivity index (χ1n) is 13.4. The van der Waals surface area contributed by atoms with Crippen LogP contribution in [0, 0.1) is 36.0 Å². The fraction of sp³-hybridized carbons (Fsp3) is 0.533. The van der Waals surface area contributed by atoms with Crippen molar-refractivity contribution >= 4 is 17.4 Å². The summed E-state index contributed by atoms with van der Waals surface area (Å²) in [6.07, 6.45) is 2.12. The van der Waals surface area contributed by atoms with Gasteiger partial charge < -0.3 is 11.5 Å². The van der Waals surface area contributed by atoms with Gasteiger partial charge in [-0.15, -0.1) is 0 Å². The highest BCUT2D eigenvalue weighted by Crippen LogP contribution is 2.40. The molecule has 0 spiro atoms. The number of benzene rings is 1. The minimum Gasteiger partial charge on any atom is -0.397 e. The molecule has 212 valence electrons. The maximum atomic E-state index is 13.2. The van der Waals surface area contributed by atoms with E-state index in [0.29, 0.717) is 34.3 Å². The Bertz CT molecular complexity index is 1190. The van der Waals surface area contributed by atoms with Gasteiger partial charge in [0.05, 0.1) is 17.4 Å². The number of halogens is 3. The normalized spacial score (nSPS) is 14.8. The van der Waals surface area contributed by atoms with Crippen LogP contribution in [0.25, 0.3) is 0 Å². The number of rotatable bonds is 8. The number of aryl methyl sites for hydroxylation is 1. The van der Waals surface area contributed by atoms with Crippen molar-refractivity contribution in [3.05, 3.63) is 58.4 Å². The lowest BCUT2D eigenvalue weighted by Crippen LogP contribution is -2.24. The molecular formula is C30H40F3N5O. The highest BCUT2D eigenvalue weighted by Gasteiger charge is 2.33. The molecule has 1 heterocycles. The molecule has 0 bridgehead atoms. The second-order valence-electron chi connectivity index (χ2n) is 11.1. The molecule has 1 aromatic heterocycles. The van der Waals surface area contributed by atoms with Crippen molar-refractivity contribution in [1.82, 2.24) is 4.98 Å². The highest BCUT2D eigenvalue weighted by molar-refractivity contribution is 6.05. The van der Waals surface area contributed by atoms with Gasteiger partial charge in [0.25, 0.3) is 5.91 Å². The predicted molar refractivity (Wildman–Crippen MR) is 149 cm³/mol. The van der Waals surface area contributed by atoms with E-state index in [1.165, 1.54) is 18.3 Å². The van der Waals surface area contributed by atoms with Crippen molar-refractivity contribution in [2.75, 3.05) is 5.73 Å². The predicted octanol–water partition coefficient (Wildman–Crippen LogP) is 7.15. The standard InChI is InChI=1S/C23H33F3N2O.C7H7N3/c1-14(2)8-9-17(12-15(3)4)22(29)28-21(27)19-11-10-18(23(24,25)26)13-20(19)16-6-5-7-16;1-5-2-6(9)4-10-7(5)3-8/h10-11,13-17H,5-9,12H2,1-4H3,(H2,27,28,29);2,4H,9H2,1H3. The van der Waals surface area contributed by atoms with Crippen LogP contribution >= 0.6 is 0 Å². The van der Waals surface area contributed by atoms with Crippen LogP contribution in [0.4, 0.5) is 18.9 Å². The van der Waals surface area contributed by atoms with E-state index in [0.717, 1.165) is 50.2 Å². The molecule has 0 saturated heterocycles. The van der Waals surface area contributed by atoms with Gasteiger partial charge in [-0.05, 0) is 79.7 Å². The van der Waals surface area contributed by atoms with E-state index in [4.69, 9.17) is 16.7 Å². The first kappa shape index (κ1) is 31.8. The quantitative estimate of drug-likeness (QED) is 0.271. The van der Waals surface area contributed by atoms with Crippen molar-refractivity contribution < 1.29 is 18.0 Å². The highest BCUT2D eigenvalue weighted by atomic mass is 19.4. The van der Waals surface area contributed by atoms with Gasteiger partial charge in [-0.2, -0.15) is 23.4 Å². The van der Waals surface area contributed by atoms with E-state index < -0.39 is 11.7 Å². The van der Waals surface area contributed by atoms with Crippen LogP contribution in [-0.4, -0.2) is 16.7 Å². The Kier molecular flexibility index (Phi) is 11.5. The first-order valence-corrected chi connectivity index (χ1v) is 13.4. The molecule has 9 heteroatoms. The van der Waals surface area contributed by atoms with E-state index in [9.17, 15) is 18.0 Å². The number of carbonyl (C=O) groups excluding carboxylic acids is 1. The summed E-state index contributed by atoms with van der Waals surface area (Å²) in [4.78, 5) is 20.8.